The Labute approximate surface area is 116 Å². The summed E-state index contributed by atoms with van der Waals surface area (Å²) in [6.07, 6.45) is 0. The van der Waals surface area contributed by atoms with E-state index < -0.39 is 23.4 Å². The minimum absolute atomic E-state index is 0.0190. The first kappa shape index (κ1) is 14.3. The van der Waals surface area contributed by atoms with E-state index in [1.54, 1.807) is 0 Å². The van der Waals surface area contributed by atoms with E-state index in [9.17, 15) is 18.0 Å². The molecule has 4 N–H and O–H groups in total. The molecule has 0 aliphatic carbocycles. The third-order valence-corrected chi connectivity index (χ3v) is 3.57. The summed E-state index contributed by atoms with van der Waals surface area (Å²) >= 11 is 0.710. The lowest BCUT2D eigenvalue weighted by molar-refractivity contribution is 0.100. The molecule has 0 aliphatic heterocycles. The maximum atomic E-state index is 13.7. The second-order valence-corrected chi connectivity index (χ2v) is 4.99. The molecule has 0 aromatic heterocycles. The van der Waals surface area contributed by atoms with E-state index in [1.165, 1.54) is 6.07 Å². The van der Waals surface area contributed by atoms with Crippen molar-refractivity contribution in [2.75, 3.05) is 5.73 Å². The fourth-order valence-corrected chi connectivity index (χ4v) is 2.40. The van der Waals surface area contributed by atoms with E-state index in [4.69, 9.17) is 11.5 Å². The Kier molecular flexibility index (Phi) is 3.89. The number of nitrogen functional groups attached to an aromatic ring is 1. The second-order valence-electron chi connectivity index (χ2n) is 3.91. The van der Waals surface area contributed by atoms with Gasteiger partial charge in [0, 0.05) is 21.5 Å². The molecule has 0 fully saturated rings. The summed E-state index contributed by atoms with van der Waals surface area (Å²) < 4.78 is 40.0. The lowest BCUT2D eigenvalue weighted by Crippen LogP contribution is -2.14. The van der Waals surface area contributed by atoms with Gasteiger partial charge in [-0.15, -0.1) is 0 Å². The Balaban J connectivity index is 2.43. The molecule has 2 aromatic rings. The standard InChI is InChI=1S/C13H9F3N2OS/c14-6-1-2-11(8(15)3-6)20-12-4-7(13(18)19)10(17)5-9(12)16/h1-5H,17H2,(H2,18,19). The fourth-order valence-electron chi connectivity index (χ4n) is 1.54. The number of primary amides is 1. The molecule has 0 unspecified atom stereocenters. The molecule has 2 rings (SSSR count). The molecule has 0 radical (unpaired) electrons. The summed E-state index contributed by atoms with van der Waals surface area (Å²) in [4.78, 5) is 11.1. The molecule has 104 valence electrons. The van der Waals surface area contributed by atoms with E-state index in [1.807, 2.05) is 0 Å². The fraction of sp³-hybridized carbons (Fsp3) is 0. The molecule has 0 atom stereocenters. The van der Waals surface area contributed by atoms with Gasteiger partial charge < -0.3 is 11.5 Å². The van der Waals surface area contributed by atoms with E-state index in [0.29, 0.717) is 17.8 Å². The third kappa shape index (κ3) is 2.88. The highest BCUT2D eigenvalue weighted by Gasteiger charge is 2.14. The van der Waals surface area contributed by atoms with Crippen LogP contribution >= 0.6 is 11.8 Å². The summed E-state index contributed by atoms with van der Waals surface area (Å²) in [7, 11) is 0. The monoisotopic (exact) mass is 298 g/mol. The average molecular weight is 298 g/mol. The number of rotatable bonds is 3. The highest BCUT2D eigenvalue weighted by molar-refractivity contribution is 7.99. The Morgan fingerprint density at radius 2 is 1.65 bits per heavy atom. The van der Waals surface area contributed by atoms with Crippen molar-refractivity contribution in [1.29, 1.82) is 0 Å². The van der Waals surface area contributed by atoms with Crippen molar-refractivity contribution in [3.63, 3.8) is 0 Å². The summed E-state index contributed by atoms with van der Waals surface area (Å²) in [6.45, 7) is 0. The topological polar surface area (TPSA) is 69.1 Å². The van der Waals surface area contributed by atoms with Crippen LogP contribution < -0.4 is 11.5 Å². The molecule has 0 saturated carbocycles. The van der Waals surface area contributed by atoms with Gasteiger partial charge in [0.25, 0.3) is 5.91 Å². The van der Waals surface area contributed by atoms with Gasteiger partial charge in [0.1, 0.15) is 17.5 Å². The van der Waals surface area contributed by atoms with Crippen molar-refractivity contribution in [3.8, 4) is 0 Å². The number of hydrogen-bond acceptors (Lipinski definition) is 3. The second kappa shape index (κ2) is 5.46. The van der Waals surface area contributed by atoms with Crippen LogP contribution in [0.2, 0.25) is 0 Å². The predicted octanol–water partition coefficient (Wildman–Crippen LogP) is 2.94. The zero-order chi connectivity index (χ0) is 14.9. The van der Waals surface area contributed by atoms with Gasteiger partial charge in [0.2, 0.25) is 0 Å². The molecule has 0 spiro atoms. The number of carbonyl (C=O) groups excluding carboxylic acids is 1. The van der Waals surface area contributed by atoms with E-state index in [-0.39, 0.29) is 21.0 Å². The van der Waals surface area contributed by atoms with Crippen molar-refractivity contribution in [2.45, 2.75) is 9.79 Å². The maximum absolute atomic E-state index is 13.7. The minimum atomic E-state index is -0.827. The van der Waals surface area contributed by atoms with Crippen molar-refractivity contribution < 1.29 is 18.0 Å². The van der Waals surface area contributed by atoms with Gasteiger partial charge in [-0.25, -0.2) is 13.2 Å². The molecule has 0 aliphatic rings. The molecule has 0 saturated heterocycles. The van der Waals surface area contributed by atoms with Gasteiger partial charge in [0.05, 0.1) is 5.56 Å². The van der Waals surface area contributed by atoms with Crippen molar-refractivity contribution >= 4 is 23.4 Å². The van der Waals surface area contributed by atoms with Crippen molar-refractivity contribution in [2.24, 2.45) is 5.73 Å². The lowest BCUT2D eigenvalue weighted by Gasteiger charge is -2.08. The van der Waals surface area contributed by atoms with E-state index in [2.05, 4.69) is 0 Å². The first-order valence-electron chi connectivity index (χ1n) is 5.40. The van der Waals surface area contributed by atoms with E-state index >= 15 is 0 Å². The summed E-state index contributed by atoms with van der Waals surface area (Å²) in [6, 6.07) is 4.99. The number of amides is 1. The molecule has 0 heterocycles. The predicted molar refractivity (Wildman–Crippen MR) is 69.8 cm³/mol. The van der Waals surface area contributed by atoms with Crippen LogP contribution in [-0.2, 0) is 0 Å². The summed E-state index contributed by atoms with van der Waals surface area (Å²) in [5, 5.41) is 0. The van der Waals surface area contributed by atoms with Gasteiger partial charge >= 0.3 is 0 Å². The highest BCUT2D eigenvalue weighted by Crippen LogP contribution is 2.34. The van der Waals surface area contributed by atoms with Gasteiger partial charge in [-0.3, -0.25) is 4.79 Å². The molecular weight excluding hydrogens is 289 g/mol. The SMILES string of the molecule is NC(=O)c1cc(Sc2ccc(F)cc2F)c(F)cc1N. The highest BCUT2D eigenvalue weighted by atomic mass is 32.2. The van der Waals surface area contributed by atoms with Crippen LogP contribution in [0.15, 0.2) is 40.1 Å². The number of halogens is 3. The van der Waals surface area contributed by atoms with Gasteiger partial charge in [-0.1, -0.05) is 11.8 Å². The van der Waals surface area contributed by atoms with Crippen LogP contribution in [0.25, 0.3) is 0 Å². The molecule has 20 heavy (non-hydrogen) atoms. The van der Waals surface area contributed by atoms with Gasteiger partial charge in [-0.05, 0) is 24.3 Å². The molecule has 1 amide bonds. The molecular formula is C13H9F3N2OS. The van der Waals surface area contributed by atoms with Crippen molar-refractivity contribution in [1.82, 2.24) is 0 Å². The van der Waals surface area contributed by atoms with Crippen LogP contribution in [0.5, 0.6) is 0 Å². The van der Waals surface area contributed by atoms with Crippen LogP contribution in [0.3, 0.4) is 0 Å². The number of carbonyl (C=O) groups is 1. The smallest absolute Gasteiger partial charge is 0.250 e. The van der Waals surface area contributed by atoms with Gasteiger partial charge in [0.15, 0.2) is 0 Å². The quantitative estimate of drug-likeness (QED) is 0.856. The number of anilines is 1. The average Bonchev–Trinajstić information content (AvgIpc) is 2.35. The largest absolute Gasteiger partial charge is 0.398 e. The maximum Gasteiger partial charge on any atom is 0.250 e. The van der Waals surface area contributed by atoms with Crippen LogP contribution in [0.1, 0.15) is 10.4 Å². The zero-order valence-corrected chi connectivity index (χ0v) is 10.8. The Morgan fingerprint density at radius 3 is 2.25 bits per heavy atom. The molecule has 0 bridgehead atoms. The number of benzene rings is 2. The minimum Gasteiger partial charge on any atom is -0.398 e. The van der Waals surface area contributed by atoms with Crippen LogP contribution in [0, 0.1) is 17.5 Å². The number of hydrogen-bond donors (Lipinski definition) is 2. The Morgan fingerprint density at radius 1 is 1.00 bits per heavy atom. The van der Waals surface area contributed by atoms with Crippen LogP contribution in [-0.4, -0.2) is 5.91 Å². The Bertz CT molecular complexity index is 692. The molecule has 2 aromatic carbocycles. The van der Waals surface area contributed by atoms with E-state index in [0.717, 1.165) is 18.2 Å². The number of nitrogens with two attached hydrogens (primary N) is 2. The molecule has 3 nitrogen and oxygen atoms in total. The van der Waals surface area contributed by atoms with Crippen LogP contribution in [0.4, 0.5) is 18.9 Å². The Hall–Kier alpha value is -2.15. The first-order chi connectivity index (χ1) is 9.38. The zero-order valence-electron chi connectivity index (χ0n) is 9.99. The third-order valence-electron chi connectivity index (χ3n) is 2.48. The first-order valence-corrected chi connectivity index (χ1v) is 6.22. The van der Waals surface area contributed by atoms with Crippen molar-refractivity contribution in [3.05, 3.63) is 53.3 Å². The molecule has 7 heteroatoms. The summed E-state index contributed by atoms with van der Waals surface area (Å²) in [5.74, 6) is -3.10. The van der Waals surface area contributed by atoms with Gasteiger partial charge in [-0.2, -0.15) is 0 Å². The normalized spacial score (nSPS) is 10.6. The summed E-state index contributed by atoms with van der Waals surface area (Å²) in [5.41, 5.74) is 10.4. The lowest BCUT2D eigenvalue weighted by atomic mass is 10.1.